The van der Waals surface area contributed by atoms with Crippen LogP contribution in [0.5, 0.6) is 11.5 Å². The lowest BCUT2D eigenvalue weighted by Crippen LogP contribution is -2.51. The number of para-hydroxylation sites is 3. The molecular weight excluding hydrogens is 268 g/mol. The van der Waals surface area contributed by atoms with Crippen molar-refractivity contribution in [2.45, 2.75) is 0 Å². The molecule has 5 heteroatoms. The summed E-state index contributed by atoms with van der Waals surface area (Å²) in [4.78, 5) is 24.7. The SMILES string of the molecule is O=C1CN(c2ccccc2Oc2ccccc2)CC(=O)N1. The van der Waals surface area contributed by atoms with E-state index in [-0.39, 0.29) is 24.9 Å². The number of carbonyl (C=O) groups is 2. The molecule has 2 amide bonds. The van der Waals surface area contributed by atoms with E-state index in [2.05, 4.69) is 5.32 Å². The average Bonchev–Trinajstić information content (AvgIpc) is 2.48. The smallest absolute Gasteiger partial charge is 0.246 e. The molecule has 0 bridgehead atoms. The summed E-state index contributed by atoms with van der Waals surface area (Å²) in [5.74, 6) is 0.713. The highest BCUT2D eigenvalue weighted by molar-refractivity contribution is 6.03. The van der Waals surface area contributed by atoms with Crippen molar-refractivity contribution in [2.24, 2.45) is 0 Å². The fourth-order valence-electron chi connectivity index (χ4n) is 2.23. The first-order chi connectivity index (χ1) is 10.2. The average molecular weight is 282 g/mol. The van der Waals surface area contributed by atoms with Crippen LogP contribution in [-0.2, 0) is 9.59 Å². The molecule has 0 spiro atoms. The van der Waals surface area contributed by atoms with Crippen LogP contribution >= 0.6 is 0 Å². The minimum Gasteiger partial charge on any atom is -0.455 e. The summed E-state index contributed by atoms with van der Waals surface area (Å²) < 4.78 is 5.85. The van der Waals surface area contributed by atoms with Gasteiger partial charge in [0.15, 0.2) is 5.75 Å². The Morgan fingerprint density at radius 1 is 0.857 bits per heavy atom. The Kier molecular flexibility index (Phi) is 3.55. The minimum absolute atomic E-state index is 0.140. The molecule has 3 rings (SSSR count). The van der Waals surface area contributed by atoms with Gasteiger partial charge in [0.05, 0.1) is 18.8 Å². The molecule has 2 aromatic carbocycles. The number of piperazine rings is 1. The van der Waals surface area contributed by atoms with Gasteiger partial charge < -0.3 is 9.64 Å². The Balaban J connectivity index is 1.89. The molecule has 0 aromatic heterocycles. The maximum atomic E-state index is 11.5. The lowest BCUT2D eigenvalue weighted by molar-refractivity contribution is -0.130. The minimum atomic E-state index is -0.305. The van der Waals surface area contributed by atoms with Gasteiger partial charge in [-0.2, -0.15) is 0 Å². The largest absolute Gasteiger partial charge is 0.455 e. The van der Waals surface area contributed by atoms with E-state index < -0.39 is 0 Å². The molecule has 0 atom stereocenters. The van der Waals surface area contributed by atoms with Crippen molar-refractivity contribution in [3.63, 3.8) is 0 Å². The van der Waals surface area contributed by atoms with Crippen molar-refractivity contribution in [1.29, 1.82) is 0 Å². The molecule has 1 heterocycles. The molecule has 21 heavy (non-hydrogen) atoms. The molecular formula is C16H14N2O3. The second-order valence-corrected chi connectivity index (χ2v) is 4.71. The molecule has 0 radical (unpaired) electrons. The van der Waals surface area contributed by atoms with Gasteiger partial charge in [0.2, 0.25) is 11.8 Å². The van der Waals surface area contributed by atoms with E-state index in [4.69, 9.17) is 4.74 Å². The van der Waals surface area contributed by atoms with E-state index in [1.807, 2.05) is 54.6 Å². The first-order valence-corrected chi connectivity index (χ1v) is 6.62. The van der Waals surface area contributed by atoms with Crippen molar-refractivity contribution in [3.8, 4) is 11.5 Å². The predicted octanol–water partition coefficient (Wildman–Crippen LogP) is 1.94. The number of ether oxygens (including phenoxy) is 1. The van der Waals surface area contributed by atoms with Gasteiger partial charge >= 0.3 is 0 Å². The molecule has 2 aromatic rings. The predicted molar refractivity (Wildman–Crippen MR) is 78.3 cm³/mol. The van der Waals surface area contributed by atoms with Crippen LogP contribution < -0.4 is 15.0 Å². The Morgan fingerprint density at radius 2 is 1.48 bits per heavy atom. The number of hydrogen-bond donors (Lipinski definition) is 1. The van der Waals surface area contributed by atoms with Crippen LogP contribution in [0.25, 0.3) is 0 Å². The zero-order valence-corrected chi connectivity index (χ0v) is 11.3. The topological polar surface area (TPSA) is 58.6 Å². The normalized spacial score (nSPS) is 14.8. The molecule has 0 unspecified atom stereocenters. The van der Waals surface area contributed by atoms with E-state index in [9.17, 15) is 9.59 Å². The van der Waals surface area contributed by atoms with E-state index in [1.165, 1.54) is 0 Å². The van der Waals surface area contributed by atoms with Gasteiger partial charge in [-0.15, -0.1) is 0 Å². The van der Waals surface area contributed by atoms with Crippen LogP contribution in [0.3, 0.4) is 0 Å². The number of anilines is 1. The van der Waals surface area contributed by atoms with Crippen molar-refractivity contribution in [1.82, 2.24) is 5.32 Å². The standard InChI is InChI=1S/C16H14N2O3/c19-15-10-18(11-16(20)17-15)13-8-4-5-9-14(13)21-12-6-2-1-3-7-12/h1-9H,10-11H2,(H,17,19,20). The maximum absolute atomic E-state index is 11.5. The second kappa shape index (κ2) is 5.66. The van der Waals surface area contributed by atoms with Crippen LogP contribution in [-0.4, -0.2) is 24.9 Å². The Labute approximate surface area is 122 Å². The number of hydrogen-bond acceptors (Lipinski definition) is 4. The Hall–Kier alpha value is -2.82. The third-order valence-corrected chi connectivity index (χ3v) is 3.12. The summed E-state index contributed by atoms with van der Waals surface area (Å²) >= 11 is 0. The van der Waals surface area contributed by atoms with E-state index >= 15 is 0 Å². The lowest BCUT2D eigenvalue weighted by atomic mass is 10.2. The Morgan fingerprint density at radius 3 is 2.19 bits per heavy atom. The summed E-state index contributed by atoms with van der Waals surface area (Å²) in [6.45, 7) is 0.280. The van der Waals surface area contributed by atoms with Crippen molar-refractivity contribution < 1.29 is 14.3 Å². The van der Waals surface area contributed by atoms with Crippen LogP contribution in [0.15, 0.2) is 54.6 Å². The van der Waals surface area contributed by atoms with Crippen LogP contribution in [0.1, 0.15) is 0 Å². The molecule has 1 fully saturated rings. The lowest BCUT2D eigenvalue weighted by Gasteiger charge is -2.28. The summed E-state index contributed by atoms with van der Waals surface area (Å²) in [7, 11) is 0. The van der Waals surface area contributed by atoms with Crippen LogP contribution in [0.4, 0.5) is 5.69 Å². The fraction of sp³-hybridized carbons (Fsp3) is 0.125. The molecule has 0 aliphatic carbocycles. The van der Waals surface area contributed by atoms with Crippen LogP contribution in [0.2, 0.25) is 0 Å². The van der Waals surface area contributed by atoms with Crippen molar-refractivity contribution in [3.05, 3.63) is 54.6 Å². The van der Waals surface area contributed by atoms with Gasteiger partial charge in [0, 0.05) is 0 Å². The van der Waals surface area contributed by atoms with Gasteiger partial charge in [-0.1, -0.05) is 30.3 Å². The number of imide groups is 1. The van der Waals surface area contributed by atoms with Gasteiger partial charge in [0.25, 0.3) is 0 Å². The molecule has 1 saturated heterocycles. The number of amides is 2. The van der Waals surface area contributed by atoms with Gasteiger partial charge in [-0.25, -0.2) is 0 Å². The van der Waals surface area contributed by atoms with E-state index in [1.54, 1.807) is 4.90 Å². The number of carbonyl (C=O) groups excluding carboxylic acids is 2. The first kappa shape index (κ1) is 13.2. The molecule has 106 valence electrons. The van der Waals surface area contributed by atoms with Gasteiger partial charge in [-0.05, 0) is 24.3 Å². The Bertz CT molecular complexity index is 654. The number of rotatable bonds is 3. The first-order valence-electron chi connectivity index (χ1n) is 6.62. The van der Waals surface area contributed by atoms with Crippen molar-refractivity contribution >= 4 is 17.5 Å². The zero-order valence-electron chi connectivity index (χ0n) is 11.3. The summed E-state index contributed by atoms with van der Waals surface area (Å²) in [5, 5.41) is 2.29. The molecule has 1 aliphatic rings. The number of benzene rings is 2. The highest BCUT2D eigenvalue weighted by Gasteiger charge is 2.24. The zero-order chi connectivity index (χ0) is 14.7. The quantitative estimate of drug-likeness (QED) is 0.874. The summed E-state index contributed by atoms with van der Waals surface area (Å²) in [6.07, 6.45) is 0. The summed E-state index contributed by atoms with van der Waals surface area (Å²) in [5.41, 5.74) is 0.726. The monoisotopic (exact) mass is 282 g/mol. The molecule has 5 nitrogen and oxygen atoms in total. The third kappa shape index (κ3) is 3.02. The third-order valence-electron chi connectivity index (χ3n) is 3.12. The number of nitrogens with zero attached hydrogens (tertiary/aromatic N) is 1. The van der Waals surface area contributed by atoms with E-state index in [0.29, 0.717) is 11.5 Å². The van der Waals surface area contributed by atoms with E-state index in [0.717, 1.165) is 5.69 Å². The second-order valence-electron chi connectivity index (χ2n) is 4.71. The highest BCUT2D eigenvalue weighted by atomic mass is 16.5. The fourth-order valence-corrected chi connectivity index (χ4v) is 2.23. The van der Waals surface area contributed by atoms with Gasteiger partial charge in [0.1, 0.15) is 5.75 Å². The maximum Gasteiger partial charge on any atom is 0.246 e. The van der Waals surface area contributed by atoms with Crippen LogP contribution in [0, 0.1) is 0 Å². The molecule has 1 N–H and O–H groups in total. The summed E-state index contributed by atoms with van der Waals surface area (Å²) in [6, 6.07) is 16.7. The molecule has 1 aliphatic heterocycles. The highest BCUT2D eigenvalue weighted by Crippen LogP contribution is 2.32. The van der Waals surface area contributed by atoms with Crippen molar-refractivity contribution in [2.75, 3.05) is 18.0 Å². The molecule has 0 saturated carbocycles. The number of nitrogens with one attached hydrogen (secondary N) is 1. The van der Waals surface area contributed by atoms with Gasteiger partial charge in [-0.3, -0.25) is 14.9 Å².